The molecule has 12 heteroatoms. The van der Waals surface area contributed by atoms with Crippen LogP contribution in [0.3, 0.4) is 0 Å². The van der Waals surface area contributed by atoms with Gasteiger partial charge in [-0.1, -0.05) is 96.1 Å². The van der Waals surface area contributed by atoms with Crippen LogP contribution in [0.4, 0.5) is 8.78 Å². The van der Waals surface area contributed by atoms with Gasteiger partial charge in [0, 0.05) is 0 Å². The molecule has 0 unspecified atom stereocenters. The molecule has 0 saturated carbocycles. The lowest BCUT2D eigenvalue weighted by molar-refractivity contribution is -0.164. The number of alkyl halides is 1. The Bertz CT molecular complexity index is 1800. The Labute approximate surface area is 328 Å². The molecule has 298 valence electrons. The maximum Gasteiger partial charge on any atom is 0.192 e. The number of benzene rings is 3. The van der Waals surface area contributed by atoms with Crippen LogP contribution in [0.5, 0.6) is 11.5 Å². The van der Waals surface area contributed by atoms with E-state index in [1.54, 1.807) is 14.2 Å². The van der Waals surface area contributed by atoms with E-state index in [-0.39, 0.29) is 29.1 Å². The summed E-state index contributed by atoms with van der Waals surface area (Å²) in [6.07, 6.45) is -2.12. The zero-order chi connectivity index (χ0) is 40.5. The first-order chi connectivity index (χ1) is 25.7. The summed E-state index contributed by atoms with van der Waals surface area (Å²) in [5, 5.41) is -0.442. The molecule has 2 heterocycles. The van der Waals surface area contributed by atoms with Gasteiger partial charge in [0.25, 0.3) is 0 Å². The molecule has 3 aromatic carbocycles. The Morgan fingerprint density at radius 2 is 1.16 bits per heavy atom. The minimum absolute atomic E-state index is 0.0200. The van der Waals surface area contributed by atoms with Gasteiger partial charge >= 0.3 is 0 Å². The summed E-state index contributed by atoms with van der Waals surface area (Å²) < 4.78 is 71.2. The van der Waals surface area contributed by atoms with Crippen LogP contribution in [-0.4, -0.2) is 71.9 Å². The van der Waals surface area contributed by atoms with Gasteiger partial charge < -0.3 is 27.8 Å². The fraction of sp³-hybridized carbons (Fsp3) is 0.488. The third-order valence-electron chi connectivity index (χ3n) is 11.8. The van der Waals surface area contributed by atoms with Gasteiger partial charge in [-0.3, -0.25) is 0 Å². The maximum atomic E-state index is 17.5. The monoisotopic (exact) mass is 792 g/mol. The molecule has 0 amide bonds. The third kappa shape index (κ3) is 8.74. The average molecular weight is 793 g/mol. The number of ether oxygens (including phenoxy) is 4. The highest BCUT2D eigenvalue weighted by Gasteiger charge is 2.62. The molecule has 8 nitrogen and oxygen atoms in total. The molecular weight excluding hydrogens is 735 g/mol. The number of nitrogens with zero attached hydrogens (tertiary/aromatic N) is 2. The molecule has 1 aromatic heterocycles. The second-order valence-electron chi connectivity index (χ2n) is 17.4. The number of rotatable bonds is 14. The summed E-state index contributed by atoms with van der Waals surface area (Å²) >= 11 is 0. The van der Waals surface area contributed by atoms with Gasteiger partial charge in [0.05, 0.1) is 39.8 Å². The number of hydrogen-bond donors (Lipinski definition) is 0. The minimum Gasteiger partial charge on any atom is -0.497 e. The first kappa shape index (κ1) is 42.6. The Balaban J connectivity index is 1.75. The van der Waals surface area contributed by atoms with Crippen LogP contribution in [0.2, 0.25) is 36.3 Å². The standard InChI is InChI=1S/C43H58F2N2O6Si2/c1-40(2,3)54(9,10)51-29-42(38(53-55(11,12)41(4,5)6)36(45)37(52-42)39-46-26-33(44)27-47-39)28-50-43(30-16-14-13-15-17-30,31-18-22-34(48-7)23-19-31)32-20-24-35(49-8)25-21-32/h13-27,36-38H,28-29H2,1-12H3/t36-,37-,38-,42+/m0/s1. The van der Waals surface area contributed by atoms with E-state index in [1.165, 1.54) is 0 Å². The van der Waals surface area contributed by atoms with Crippen molar-refractivity contribution >= 4 is 16.6 Å². The molecule has 5 rings (SSSR count). The second-order valence-corrected chi connectivity index (χ2v) is 27.0. The van der Waals surface area contributed by atoms with Crippen molar-refractivity contribution in [2.45, 2.75) is 107 Å². The van der Waals surface area contributed by atoms with Gasteiger partial charge in [-0.2, -0.15) is 0 Å². The molecule has 0 N–H and O–H groups in total. The molecule has 0 spiro atoms. The summed E-state index contributed by atoms with van der Waals surface area (Å²) in [5.74, 6) is 0.758. The van der Waals surface area contributed by atoms with Crippen LogP contribution < -0.4 is 9.47 Å². The highest BCUT2D eigenvalue weighted by Crippen LogP contribution is 2.50. The van der Waals surface area contributed by atoms with E-state index in [9.17, 15) is 4.39 Å². The number of aromatic nitrogens is 2. The maximum absolute atomic E-state index is 17.5. The quantitative estimate of drug-likeness (QED) is 0.0923. The van der Waals surface area contributed by atoms with E-state index >= 15 is 4.39 Å². The highest BCUT2D eigenvalue weighted by atomic mass is 28.4. The summed E-state index contributed by atoms with van der Waals surface area (Å²) in [7, 11) is -1.91. The fourth-order valence-electron chi connectivity index (χ4n) is 6.26. The smallest absolute Gasteiger partial charge is 0.192 e. The number of methoxy groups -OCH3 is 2. The van der Waals surface area contributed by atoms with Crippen LogP contribution in [0.15, 0.2) is 91.3 Å². The van der Waals surface area contributed by atoms with Gasteiger partial charge in [-0.05, 0) is 77.2 Å². The lowest BCUT2D eigenvalue weighted by Gasteiger charge is -2.46. The lowest BCUT2D eigenvalue weighted by Crippen LogP contribution is -2.59. The fourth-order valence-corrected chi connectivity index (χ4v) is 8.63. The van der Waals surface area contributed by atoms with Crippen molar-refractivity contribution in [3.05, 3.63) is 120 Å². The van der Waals surface area contributed by atoms with Crippen LogP contribution in [0, 0.1) is 5.82 Å². The molecule has 4 aromatic rings. The molecule has 0 bridgehead atoms. The first-order valence-electron chi connectivity index (χ1n) is 18.8. The molecule has 55 heavy (non-hydrogen) atoms. The van der Waals surface area contributed by atoms with Crippen molar-refractivity contribution in [3.63, 3.8) is 0 Å². The zero-order valence-electron chi connectivity index (χ0n) is 34.4. The van der Waals surface area contributed by atoms with Crippen molar-refractivity contribution in [2.24, 2.45) is 0 Å². The van der Waals surface area contributed by atoms with E-state index < -0.39 is 52.0 Å². The Kier molecular flexibility index (Phi) is 12.5. The van der Waals surface area contributed by atoms with E-state index in [0.717, 1.165) is 29.1 Å². The SMILES string of the molecule is COc1ccc(C(OC[C@]2(CO[Si](C)(C)C(C)(C)C)O[C@H](c3ncc(F)cn3)[C@H](F)[C@@H]2O[Si](C)(C)C(C)(C)C)(c2ccccc2)c2ccc(OC)cc2)cc1. The number of hydrogen-bond acceptors (Lipinski definition) is 8. The molecule has 1 saturated heterocycles. The van der Waals surface area contributed by atoms with Crippen molar-refractivity contribution in [1.29, 1.82) is 0 Å². The second kappa shape index (κ2) is 16.1. The van der Waals surface area contributed by atoms with Gasteiger partial charge in [0.2, 0.25) is 0 Å². The van der Waals surface area contributed by atoms with Gasteiger partial charge in [0.15, 0.2) is 40.6 Å². The number of halogens is 2. The predicted octanol–water partition coefficient (Wildman–Crippen LogP) is 10.2. The van der Waals surface area contributed by atoms with Crippen LogP contribution in [0.1, 0.15) is 70.2 Å². The third-order valence-corrected chi connectivity index (χ3v) is 20.7. The van der Waals surface area contributed by atoms with Crippen LogP contribution >= 0.6 is 0 Å². The average Bonchev–Trinajstić information content (AvgIpc) is 3.41. The normalized spacial score (nSPS) is 21.1. The minimum atomic E-state index is -2.69. The molecular formula is C43H58F2N2O6Si2. The molecule has 1 aliphatic heterocycles. The molecule has 4 atom stereocenters. The topological polar surface area (TPSA) is 81.2 Å². The zero-order valence-corrected chi connectivity index (χ0v) is 36.4. The Morgan fingerprint density at radius 1 is 0.691 bits per heavy atom. The van der Waals surface area contributed by atoms with Gasteiger partial charge in [-0.15, -0.1) is 0 Å². The molecule has 0 aliphatic carbocycles. The Hall–Kier alpha value is -3.53. The van der Waals surface area contributed by atoms with Crippen molar-refractivity contribution in [1.82, 2.24) is 9.97 Å². The van der Waals surface area contributed by atoms with E-state index in [2.05, 4.69) is 77.7 Å². The Morgan fingerprint density at radius 3 is 1.62 bits per heavy atom. The van der Waals surface area contributed by atoms with Crippen LogP contribution in [0.25, 0.3) is 0 Å². The highest BCUT2D eigenvalue weighted by molar-refractivity contribution is 6.74. The molecule has 0 radical (unpaired) electrons. The van der Waals surface area contributed by atoms with E-state index in [0.29, 0.717) is 11.5 Å². The largest absolute Gasteiger partial charge is 0.497 e. The first-order valence-corrected chi connectivity index (χ1v) is 24.6. The van der Waals surface area contributed by atoms with E-state index in [4.69, 9.17) is 27.8 Å². The molecule has 1 aliphatic rings. The molecule has 1 fully saturated rings. The van der Waals surface area contributed by atoms with Crippen molar-refractivity contribution in [3.8, 4) is 11.5 Å². The summed E-state index contributed by atoms with van der Waals surface area (Å²) in [5.41, 5.74) is -0.308. The van der Waals surface area contributed by atoms with Gasteiger partial charge in [-0.25, -0.2) is 18.7 Å². The predicted molar refractivity (Wildman–Crippen MR) is 217 cm³/mol. The van der Waals surface area contributed by atoms with Crippen molar-refractivity contribution in [2.75, 3.05) is 27.4 Å². The van der Waals surface area contributed by atoms with E-state index in [1.807, 2.05) is 78.9 Å². The van der Waals surface area contributed by atoms with Gasteiger partial charge in [0.1, 0.15) is 28.8 Å². The lowest BCUT2D eigenvalue weighted by atomic mass is 9.79. The summed E-state index contributed by atoms with van der Waals surface area (Å²) in [6, 6.07) is 25.4. The summed E-state index contributed by atoms with van der Waals surface area (Å²) in [4.78, 5) is 8.39. The van der Waals surface area contributed by atoms with Crippen LogP contribution in [-0.2, 0) is 23.9 Å². The summed E-state index contributed by atoms with van der Waals surface area (Å²) in [6.45, 7) is 21.1. The van der Waals surface area contributed by atoms with Crippen molar-refractivity contribution < 1.29 is 36.6 Å².